The van der Waals surface area contributed by atoms with Gasteiger partial charge in [-0.05, 0) is 42.5 Å². The fraction of sp³-hybridized carbons (Fsp3) is 0.500. The Hall–Kier alpha value is -1.77. The molecule has 0 unspecified atom stereocenters. The molecular formula is C18H24O3. The zero-order chi connectivity index (χ0) is 14.9. The van der Waals surface area contributed by atoms with E-state index in [4.69, 9.17) is 9.47 Å². The van der Waals surface area contributed by atoms with E-state index in [-0.39, 0.29) is 5.97 Å². The van der Waals surface area contributed by atoms with Gasteiger partial charge in [-0.25, -0.2) is 0 Å². The summed E-state index contributed by atoms with van der Waals surface area (Å²) in [7, 11) is 0. The third-order valence-electron chi connectivity index (χ3n) is 3.76. The molecule has 1 aliphatic carbocycles. The maximum atomic E-state index is 10.7. The van der Waals surface area contributed by atoms with Crippen LogP contribution in [0.3, 0.4) is 0 Å². The Morgan fingerprint density at radius 1 is 1.29 bits per heavy atom. The highest BCUT2D eigenvalue weighted by atomic mass is 16.5. The van der Waals surface area contributed by atoms with Crippen LogP contribution < -0.4 is 4.74 Å². The number of hydrogen-bond donors (Lipinski definition) is 0. The molecule has 0 bridgehead atoms. The number of hydrogen-bond acceptors (Lipinski definition) is 3. The van der Waals surface area contributed by atoms with Crippen LogP contribution in [0.1, 0.15) is 44.6 Å². The lowest BCUT2D eigenvalue weighted by molar-refractivity contribution is -0.139. The zero-order valence-electron chi connectivity index (χ0n) is 12.7. The van der Waals surface area contributed by atoms with Gasteiger partial charge in [0, 0.05) is 6.92 Å². The van der Waals surface area contributed by atoms with E-state index in [1.165, 1.54) is 39.0 Å². The minimum atomic E-state index is -0.260. The van der Waals surface area contributed by atoms with Crippen LogP contribution in [0.15, 0.2) is 30.3 Å². The maximum absolute atomic E-state index is 10.7. The number of carbonyl (C=O) groups is 1. The van der Waals surface area contributed by atoms with Crippen LogP contribution in [0.5, 0.6) is 5.75 Å². The van der Waals surface area contributed by atoms with Crippen LogP contribution in [0.4, 0.5) is 0 Å². The smallest absolute Gasteiger partial charge is 0.302 e. The van der Waals surface area contributed by atoms with E-state index in [2.05, 4.69) is 0 Å². The summed E-state index contributed by atoms with van der Waals surface area (Å²) < 4.78 is 10.8. The van der Waals surface area contributed by atoms with Crippen molar-refractivity contribution in [1.29, 1.82) is 0 Å². The zero-order valence-corrected chi connectivity index (χ0v) is 12.7. The molecule has 1 aromatic rings. The molecular weight excluding hydrogens is 264 g/mol. The summed E-state index contributed by atoms with van der Waals surface area (Å²) in [5, 5.41) is 0. The van der Waals surface area contributed by atoms with Crippen molar-refractivity contribution in [3.8, 4) is 5.75 Å². The van der Waals surface area contributed by atoms with Gasteiger partial charge in [0.15, 0.2) is 0 Å². The van der Waals surface area contributed by atoms with Gasteiger partial charge in [0.05, 0.1) is 6.61 Å². The van der Waals surface area contributed by atoms with Gasteiger partial charge in [-0.2, -0.15) is 0 Å². The normalized spacial score (nSPS) is 16.0. The Kier molecular flexibility index (Phi) is 6.32. The molecule has 1 fully saturated rings. The Morgan fingerprint density at radius 3 is 2.86 bits per heavy atom. The van der Waals surface area contributed by atoms with Gasteiger partial charge in [0.2, 0.25) is 0 Å². The minimum Gasteiger partial charge on any atom is -0.493 e. The average molecular weight is 288 g/mol. The Bertz CT molecular complexity index is 473. The van der Waals surface area contributed by atoms with E-state index < -0.39 is 0 Å². The van der Waals surface area contributed by atoms with Gasteiger partial charge in [-0.3, -0.25) is 4.79 Å². The first-order chi connectivity index (χ1) is 10.2. The summed E-state index contributed by atoms with van der Waals surface area (Å²) >= 11 is 0. The Balaban J connectivity index is 1.80. The van der Waals surface area contributed by atoms with Crippen LogP contribution in [0.2, 0.25) is 0 Å². The van der Waals surface area contributed by atoms with Crippen molar-refractivity contribution in [3.63, 3.8) is 0 Å². The van der Waals surface area contributed by atoms with Crippen molar-refractivity contribution < 1.29 is 14.3 Å². The van der Waals surface area contributed by atoms with Crippen LogP contribution in [-0.2, 0) is 9.53 Å². The van der Waals surface area contributed by atoms with Crippen LogP contribution in [0, 0.1) is 5.92 Å². The van der Waals surface area contributed by atoms with E-state index in [1.54, 1.807) is 0 Å². The number of esters is 1. The standard InChI is InChI=1S/C18H24O3/c1-15(19)20-12-6-10-16-9-5-11-18(13-16)21-14-17-7-3-2-4-8-17/h5-6,9-11,13,17H,2-4,7-8,12,14H2,1H3. The van der Waals surface area contributed by atoms with Crippen LogP contribution in [-0.4, -0.2) is 19.2 Å². The second-order valence-corrected chi connectivity index (χ2v) is 5.59. The molecule has 0 amide bonds. The molecule has 114 valence electrons. The first-order valence-electron chi connectivity index (χ1n) is 7.77. The predicted octanol–water partition coefficient (Wildman–Crippen LogP) is 4.22. The Morgan fingerprint density at radius 2 is 2.10 bits per heavy atom. The molecule has 1 aliphatic rings. The highest BCUT2D eigenvalue weighted by Gasteiger charge is 2.13. The topological polar surface area (TPSA) is 35.5 Å². The second-order valence-electron chi connectivity index (χ2n) is 5.59. The van der Waals surface area contributed by atoms with Crippen LogP contribution in [0.25, 0.3) is 6.08 Å². The molecule has 0 spiro atoms. The number of benzene rings is 1. The predicted molar refractivity (Wildman–Crippen MR) is 84.2 cm³/mol. The highest BCUT2D eigenvalue weighted by Crippen LogP contribution is 2.25. The van der Waals surface area contributed by atoms with Gasteiger partial charge in [-0.15, -0.1) is 0 Å². The van der Waals surface area contributed by atoms with Crippen molar-refractivity contribution in [2.24, 2.45) is 5.92 Å². The number of rotatable bonds is 6. The fourth-order valence-electron chi connectivity index (χ4n) is 2.63. The molecule has 0 saturated heterocycles. The minimum absolute atomic E-state index is 0.260. The van der Waals surface area contributed by atoms with Crippen molar-refractivity contribution in [1.82, 2.24) is 0 Å². The lowest BCUT2D eigenvalue weighted by Gasteiger charge is -2.21. The van der Waals surface area contributed by atoms with Gasteiger partial charge >= 0.3 is 5.97 Å². The van der Waals surface area contributed by atoms with Crippen molar-refractivity contribution in [2.45, 2.75) is 39.0 Å². The largest absolute Gasteiger partial charge is 0.493 e. The van der Waals surface area contributed by atoms with Gasteiger partial charge in [0.25, 0.3) is 0 Å². The first kappa shape index (κ1) is 15.6. The fourth-order valence-corrected chi connectivity index (χ4v) is 2.63. The second kappa shape index (κ2) is 8.50. The number of carbonyl (C=O) groups excluding carboxylic acids is 1. The quantitative estimate of drug-likeness (QED) is 0.735. The third-order valence-corrected chi connectivity index (χ3v) is 3.76. The van der Waals surface area contributed by atoms with E-state index in [0.29, 0.717) is 12.5 Å². The molecule has 21 heavy (non-hydrogen) atoms. The molecule has 0 N–H and O–H groups in total. The van der Waals surface area contributed by atoms with E-state index in [1.807, 2.05) is 36.4 Å². The average Bonchev–Trinajstić information content (AvgIpc) is 2.51. The van der Waals surface area contributed by atoms with E-state index in [0.717, 1.165) is 17.9 Å². The molecule has 0 atom stereocenters. The van der Waals surface area contributed by atoms with Gasteiger partial charge < -0.3 is 9.47 Å². The van der Waals surface area contributed by atoms with E-state index >= 15 is 0 Å². The molecule has 0 heterocycles. The third kappa shape index (κ3) is 6.03. The Labute approximate surface area is 127 Å². The molecule has 2 rings (SSSR count). The summed E-state index contributed by atoms with van der Waals surface area (Å²) in [4.78, 5) is 10.7. The van der Waals surface area contributed by atoms with Gasteiger partial charge in [-0.1, -0.05) is 37.5 Å². The molecule has 3 nitrogen and oxygen atoms in total. The summed E-state index contributed by atoms with van der Waals surface area (Å²) in [5.74, 6) is 1.36. The SMILES string of the molecule is CC(=O)OCC=Cc1cccc(OCC2CCCCC2)c1. The summed E-state index contributed by atoms with van der Waals surface area (Å²) in [6.07, 6.45) is 10.4. The number of ether oxygens (including phenoxy) is 2. The van der Waals surface area contributed by atoms with Crippen molar-refractivity contribution >= 4 is 12.0 Å². The van der Waals surface area contributed by atoms with Crippen molar-refractivity contribution in [2.75, 3.05) is 13.2 Å². The van der Waals surface area contributed by atoms with Crippen molar-refractivity contribution in [3.05, 3.63) is 35.9 Å². The summed E-state index contributed by atoms with van der Waals surface area (Å²) in [6.45, 7) is 2.54. The highest BCUT2D eigenvalue weighted by molar-refractivity contribution is 5.66. The summed E-state index contributed by atoms with van der Waals surface area (Å²) in [5.41, 5.74) is 1.06. The molecule has 0 aliphatic heterocycles. The molecule has 1 aromatic carbocycles. The van der Waals surface area contributed by atoms with E-state index in [9.17, 15) is 4.79 Å². The van der Waals surface area contributed by atoms with Gasteiger partial charge in [0.1, 0.15) is 12.4 Å². The molecule has 0 aromatic heterocycles. The maximum Gasteiger partial charge on any atom is 0.302 e. The van der Waals surface area contributed by atoms with Crippen LogP contribution >= 0.6 is 0 Å². The lowest BCUT2D eigenvalue weighted by atomic mass is 9.90. The lowest BCUT2D eigenvalue weighted by Crippen LogP contribution is -2.15. The summed E-state index contributed by atoms with van der Waals surface area (Å²) in [6, 6.07) is 8.01. The monoisotopic (exact) mass is 288 g/mol. The molecule has 1 saturated carbocycles. The molecule has 3 heteroatoms. The first-order valence-corrected chi connectivity index (χ1v) is 7.77. The molecule has 0 radical (unpaired) electrons.